The van der Waals surface area contributed by atoms with E-state index in [1.54, 1.807) is 44.6 Å². The third-order valence-corrected chi connectivity index (χ3v) is 5.52. The van der Waals surface area contributed by atoms with Crippen molar-refractivity contribution in [3.8, 4) is 11.3 Å². The standard InChI is InChI=1S/C26H27N5O2/c1-16(2)31-24-22(15-27-31)21(14-23(29-24)20-9-7-6-8-17(20)3)25(32)28-19-12-10-18(11-13-19)26(33)30(4)5/h6-16H,1-5H3,(H,28,32). The number of aryl methyl sites for hydroxylation is 1. The molecule has 0 aliphatic carbocycles. The number of amides is 2. The van der Waals surface area contributed by atoms with Gasteiger partial charge in [0.05, 0.1) is 22.8 Å². The predicted octanol–water partition coefficient (Wildman–Crippen LogP) is 4.94. The van der Waals surface area contributed by atoms with E-state index in [1.807, 2.05) is 55.8 Å². The first-order valence-electron chi connectivity index (χ1n) is 10.8. The molecule has 0 spiro atoms. The predicted molar refractivity (Wildman–Crippen MR) is 130 cm³/mol. The van der Waals surface area contributed by atoms with Crippen LogP contribution in [0.3, 0.4) is 0 Å². The van der Waals surface area contributed by atoms with Crippen molar-refractivity contribution in [3.63, 3.8) is 0 Å². The van der Waals surface area contributed by atoms with Crippen molar-refractivity contribution in [1.82, 2.24) is 19.7 Å². The van der Waals surface area contributed by atoms with Crippen LogP contribution in [0.5, 0.6) is 0 Å². The molecule has 168 valence electrons. The highest BCUT2D eigenvalue weighted by atomic mass is 16.2. The molecule has 2 aromatic carbocycles. The van der Waals surface area contributed by atoms with Crippen molar-refractivity contribution in [3.05, 3.63) is 77.5 Å². The van der Waals surface area contributed by atoms with E-state index >= 15 is 0 Å². The molecule has 0 unspecified atom stereocenters. The van der Waals surface area contributed by atoms with Crippen molar-refractivity contribution < 1.29 is 9.59 Å². The molecule has 0 aliphatic heterocycles. The number of pyridine rings is 1. The molecule has 0 saturated heterocycles. The molecule has 4 aromatic rings. The molecule has 7 heteroatoms. The van der Waals surface area contributed by atoms with Crippen molar-refractivity contribution >= 4 is 28.5 Å². The van der Waals surface area contributed by atoms with E-state index in [-0.39, 0.29) is 17.9 Å². The van der Waals surface area contributed by atoms with Crippen LogP contribution >= 0.6 is 0 Å². The molecule has 33 heavy (non-hydrogen) atoms. The van der Waals surface area contributed by atoms with Gasteiger partial charge in [0.1, 0.15) is 0 Å². The van der Waals surface area contributed by atoms with E-state index < -0.39 is 0 Å². The van der Waals surface area contributed by atoms with Gasteiger partial charge in [-0.2, -0.15) is 5.10 Å². The van der Waals surface area contributed by atoms with Crippen LogP contribution in [0.2, 0.25) is 0 Å². The molecule has 4 rings (SSSR count). The topological polar surface area (TPSA) is 80.1 Å². The van der Waals surface area contributed by atoms with Gasteiger partial charge in [-0.25, -0.2) is 9.67 Å². The zero-order chi connectivity index (χ0) is 23.7. The summed E-state index contributed by atoms with van der Waals surface area (Å²) in [6.45, 7) is 6.09. The molecule has 2 heterocycles. The second kappa shape index (κ2) is 8.86. The highest BCUT2D eigenvalue weighted by molar-refractivity contribution is 6.12. The van der Waals surface area contributed by atoms with E-state index in [9.17, 15) is 9.59 Å². The lowest BCUT2D eigenvalue weighted by molar-refractivity contribution is 0.0827. The first kappa shape index (κ1) is 22.2. The van der Waals surface area contributed by atoms with Crippen LogP contribution in [0.4, 0.5) is 5.69 Å². The minimum Gasteiger partial charge on any atom is -0.345 e. The Morgan fingerprint density at radius 3 is 2.36 bits per heavy atom. The molecule has 0 saturated carbocycles. The summed E-state index contributed by atoms with van der Waals surface area (Å²) in [6, 6.07) is 16.7. The fourth-order valence-electron chi connectivity index (χ4n) is 3.73. The SMILES string of the molecule is Cc1ccccc1-c1cc(C(=O)Nc2ccc(C(=O)N(C)C)cc2)c2cnn(C(C)C)c2n1. The minimum absolute atomic E-state index is 0.0901. The Morgan fingerprint density at radius 1 is 1.03 bits per heavy atom. The quantitative estimate of drug-likeness (QED) is 0.476. The second-order valence-corrected chi connectivity index (χ2v) is 8.52. The van der Waals surface area contributed by atoms with Gasteiger partial charge in [0.2, 0.25) is 0 Å². The third-order valence-electron chi connectivity index (χ3n) is 5.52. The number of hydrogen-bond donors (Lipinski definition) is 1. The van der Waals surface area contributed by atoms with Gasteiger partial charge in [-0.05, 0) is 56.7 Å². The maximum absolute atomic E-state index is 13.4. The van der Waals surface area contributed by atoms with E-state index in [2.05, 4.69) is 10.4 Å². The van der Waals surface area contributed by atoms with Crippen LogP contribution < -0.4 is 5.32 Å². The molecular formula is C26H27N5O2. The minimum atomic E-state index is -0.257. The molecule has 0 radical (unpaired) electrons. The molecule has 2 aromatic heterocycles. The first-order chi connectivity index (χ1) is 15.8. The van der Waals surface area contributed by atoms with Gasteiger partial charge >= 0.3 is 0 Å². The molecule has 1 N–H and O–H groups in total. The van der Waals surface area contributed by atoms with Gasteiger partial charge in [-0.1, -0.05) is 24.3 Å². The van der Waals surface area contributed by atoms with Gasteiger partial charge in [0.25, 0.3) is 11.8 Å². The first-order valence-corrected chi connectivity index (χ1v) is 10.8. The van der Waals surface area contributed by atoms with Gasteiger partial charge in [-0.3, -0.25) is 9.59 Å². The van der Waals surface area contributed by atoms with E-state index in [0.717, 1.165) is 16.8 Å². The van der Waals surface area contributed by atoms with Crippen molar-refractivity contribution in [2.75, 3.05) is 19.4 Å². The third kappa shape index (κ3) is 4.35. The number of rotatable bonds is 5. The number of aromatic nitrogens is 3. The number of carbonyl (C=O) groups excluding carboxylic acids is 2. The number of carbonyl (C=O) groups is 2. The van der Waals surface area contributed by atoms with Crippen LogP contribution in [0.25, 0.3) is 22.3 Å². The summed E-state index contributed by atoms with van der Waals surface area (Å²) < 4.78 is 1.83. The Labute approximate surface area is 193 Å². The number of hydrogen-bond acceptors (Lipinski definition) is 4. The van der Waals surface area contributed by atoms with Crippen molar-refractivity contribution in [2.24, 2.45) is 0 Å². The Morgan fingerprint density at radius 2 is 1.73 bits per heavy atom. The molecule has 0 fully saturated rings. The van der Waals surface area contributed by atoms with Gasteiger partial charge in [0, 0.05) is 37.0 Å². The largest absolute Gasteiger partial charge is 0.345 e. The van der Waals surface area contributed by atoms with Crippen LogP contribution in [0.1, 0.15) is 46.2 Å². The molecule has 0 bridgehead atoms. The zero-order valence-corrected chi connectivity index (χ0v) is 19.5. The number of nitrogens with zero attached hydrogens (tertiary/aromatic N) is 4. The summed E-state index contributed by atoms with van der Waals surface area (Å²) >= 11 is 0. The molecule has 0 atom stereocenters. The van der Waals surface area contributed by atoms with E-state index in [0.29, 0.717) is 27.8 Å². The molecular weight excluding hydrogens is 414 g/mol. The summed E-state index contributed by atoms with van der Waals surface area (Å²) in [5, 5.41) is 8.12. The number of benzene rings is 2. The molecule has 0 aliphatic rings. The van der Waals surface area contributed by atoms with Crippen LogP contribution in [0.15, 0.2) is 60.8 Å². The fourth-order valence-corrected chi connectivity index (χ4v) is 3.73. The summed E-state index contributed by atoms with van der Waals surface area (Å²) in [5.74, 6) is -0.347. The fraction of sp³-hybridized carbons (Fsp3) is 0.231. The Balaban J connectivity index is 1.75. The lowest BCUT2D eigenvalue weighted by atomic mass is 10.0. The van der Waals surface area contributed by atoms with E-state index in [1.165, 1.54) is 4.90 Å². The average molecular weight is 442 g/mol. The summed E-state index contributed by atoms with van der Waals surface area (Å²) in [5.41, 5.74) is 5.10. The van der Waals surface area contributed by atoms with Crippen molar-refractivity contribution in [2.45, 2.75) is 26.8 Å². The number of anilines is 1. The lowest BCUT2D eigenvalue weighted by Gasteiger charge is -2.13. The summed E-state index contributed by atoms with van der Waals surface area (Å²) in [6.07, 6.45) is 1.69. The van der Waals surface area contributed by atoms with Crippen LogP contribution in [-0.2, 0) is 0 Å². The number of fused-ring (bicyclic) bond motifs is 1. The van der Waals surface area contributed by atoms with Gasteiger partial charge in [-0.15, -0.1) is 0 Å². The normalized spacial score (nSPS) is 11.1. The zero-order valence-electron chi connectivity index (χ0n) is 19.5. The van der Waals surface area contributed by atoms with E-state index in [4.69, 9.17) is 4.98 Å². The van der Waals surface area contributed by atoms with Crippen molar-refractivity contribution in [1.29, 1.82) is 0 Å². The van der Waals surface area contributed by atoms with Crippen LogP contribution in [0, 0.1) is 6.92 Å². The summed E-state index contributed by atoms with van der Waals surface area (Å²) in [4.78, 5) is 31.9. The number of nitrogens with one attached hydrogen (secondary N) is 1. The average Bonchev–Trinajstić information content (AvgIpc) is 3.23. The maximum atomic E-state index is 13.4. The smallest absolute Gasteiger partial charge is 0.256 e. The second-order valence-electron chi connectivity index (χ2n) is 8.52. The van der Waals surface area contributed by atoms with Crippen LogP contribution in [-0.4, -0.2) is 45.6 Å². The monoisotopic (exact) mass is 441 g/mol. The van der Waals surface area contributed by atoms with Gasteiger partial charge < -0.3 is 10.2 Å². The maximum Gasteiger partial charge on any atom is 0.256 e. The Bertz CT molecular complexity index is 1340. The summed E-state index contributed by atoms with van der Waals surface area (Å²) in [7, 11) is 3.41. The Kier molecular flexibility index (Phi) is 5.96. The molecule has 2 amide bonds. The highest BCUT2D eigenvalue weighted by Gasteiger charge is 2.19. The highest BCUT2D eigenvalue weighted by Crippen LogP contribution is 2.28. The lowest BCUT2D eigenvalue weighted by Crippen LogP contribution is -2.21. The van der Waals surface area contributed by atoms with Gasteiger partial charge in [0.15, 0.2) is 5.65 Å². The Hall–Kier alpha value is -4.00. The molecule has 7 nitrogen and oxygen atoms in total.